The van der Waals surface area contributed by atoms with E-state index in [9.17, 15) is 13.2 Å². The van der Waals surface area contributed by atoms with Crippen molar-refractivity contribution in [3.05, 3.63) is 65.7 Å². The summed E-state index contributed by atoms with van der Waals surface area (Å²) in [6.07, 6.45) is 2.32. The molecule has 6 nitrogen and oxygen atoms in total. The molecule has 3 rings (SSSR count). The second kappa shape index (κ2) is 8.75. The van der Waals surface area contributed by atoms with Crippen molar-refractivity contribution in [3.63, 3.8) is 0 Å². The molecule has 0 aliphatic heterocycles. The molecule has 2 amide bonds. The molecule has 2 aromatic rings. The highest BCUT2D eigenvalue weighted by molar-refractivity contribution is 7.89. The molecular formula is C21H27N3O3S. The summed E-state index contributed by atoms with van der Waals surface area (Å²) < 4.78 is 26.2. The van der Waals surface area contributed by atoms with Crippen LogP contribution in [0.4, 0.5) is 4.79 Å². The fourth-order valence-corrected chi connectivity index (χ4v) is 3.93. The normalized spacial score (nSPS) is 15.1. The molecule has 1 fully saturated rings. The Morgan fingerprint density at radius 2 is 1.86 bits per heavy atom. The third kappa shape index (κ3) is 5.11. The topological polar surface area (TPSA) is 78.5 Å². The van der Waals surface area contributed by atoms with Gasteiger partial charge >= 0.3 is 6.03 Å². The molecule has 1 aliphatic carbocycles. The predicted molar refractivity (Wildman–Crippen MR) is 109 cm³/mol. The maximum Gasteiger partial charge on any atom is 0.318 e. The van der Waals surface area contributed by atoms with Crippen LogP contribution < -0.4 is 10.0 Å². The highest BCUT2D eigenvalue weighted by Crippen LogP contribution is 2.32. The first-order valence-electron chi connectivity index (χ1n) is 9.52. The molecule has 7 heteroatoms. The van der Waals surface area contributed by atoms with Crippen LogP contribution in [0.2, 0.25) is 0 Å². The van der Waals surface area contributed by atoms with Crippen LogP contribution >= 0.6 is 0 Å². The maximum atomic E-state index is 12.9. The number of hydrogen-bond acceptors (Lipinski definition) is 3. The lowest BCUT2D eigenvalue weighted by Gasteiger charge is -2.30. The Morgan fingerprint density at radius 1 is 1.14 bits per heavy atom. The average Bonchev–Trinajstić information content (AvgIpc) is 3.55. The molecule has 2 aromatic carbocycles. The van der Waals surface area contributed by atoms with Crippen molar-refractivity contribution in [2.75, 3.05) is 13.6 Å². The van der Waals surface area contributed by atoms with Gasteiger partial charge in [0.25, 0.3) is 0 Å². The van der Waals surface area contributed by atoms with E-state index in [0.717, 1.165) is 30.5 Å². The fourth-order valence-electron chi connectivity index (χ4n) is 3.13. The number of nitrogens with one attached hydrogen (secondary N) is 2. The predicted octanol–water partition coefficient (Wildman–Crippen LogP) is 3.28. The third-order valence-electron chi connectivity index (χ3n) is 5.08. The second-order valence-corrected chi connectivity index (χ2v) is 9.08. The minimum Gasteiger partial charge on any atom is -0.334 e. The van der Waals surface area contributed by atoms with Gasteiger partial charge in [0.05, 0.1) is 10.9 Å². The first kappa shape index (κ1) is 20.4. The Kier molecular flexibility index (Phi) is 6.36. The van der Waals surface area contributed by atoms with Gasteiger partial charge in [-0.3, -0.25) is 0 Å². The lowest BCUT2D eigenvalue weighted by Crippen LogP contribution is -2.42. The molecule has 1 atom stereocenters. The lowest BCUT2D eigenvalue weighted by atomic mass is 10.1. The summed E-state index contributed by atoms with van der Waals surface area (Å²) in [4.78, 5) is 15.0. The van der Waals surface area contributed by atoms with Gasteiger partial charge in [0.15, 0.2) is 0 Å². The first-order chi connectivity index (χ1) is 13.4. The van der Waals surface area contributed by atoms with E-state index in [1.807, 2.05) is 42.2 Å². The van der Waals surface area contributed by atoms with Crippen molar-refractivity contribution in [1.29, 1.82) is 0 Å². The summed E-state index contributed by atoms with van der Waals surface area (Å²) in [5.74, 6) is 0.570. The van der Waals surface area contributed by atoms with E-state index in [1.165, 1.54) is 13.1 Å². The van der Waals surface area contributed by atoms with Gasteiger partial charge in [-0.25, -0.2) is 17.9 Å². The van der Waals surface area contributed by atoms with E-state index in [-0.39, 0.29) is 23.5 Å². The van der Waals surface area contributed by atoms with Crippen LogP contribution in [-0.2, 0) is 16.6 Å². The van der Waals surface area contributed by atoms with Gasteiger partial charge in [-0.1, -0.05) is 42.5 Å². The Balaban J connectivity index is 1.69. The molecule has 0 heterocycles. The molecule has 0 saturated heterocycles. The molecule has 150 valence electrons. The van der Waals surface area contributed by atoms with E-state index < -0.39 is 10.0 Å². The Hall–Kier alpha value is -2.38. The summed E-state index contributed by atoms with van der Waals surface area (Å²) >= 11 is 0. The van der Waals surface area contributed by atoms with Gasteiger partial charge in [-0.2, -0.15) is 0 Å². The molecule has 1 aliphatic rings. The number of urea groups is 1. The molecule has 0 spiro atoms. The van der Waals surface area contributed by atoms with Crippen LogP contribution in [0.25, 0.3) is 0 Å². The fraction of sp³-hybridized carbons (Fsp3) is 0.381. The summed E-state index contributed by atoms with van der Waals surface area (Å²) in [5.41, 5.74) is 1.84. The smallest absolute Gasteiger partial charge is 0.318 e. The second-order valence-electron chi connectivity index (χ2n) is 7.20. The molecule has 1 unspecified atom stereocenters. The van der Waals surface area contributed by atoms with Crippen molar-refractivity contribution in [2.24, 2.45) is 5.92 Å². The van der Waals surface area contributed by atoms with Gasteiger partial charge in [0.1, 0.15) is 0 Å². The first-order valence-corrected chi connectivity index (χ1v) is 11.0. The summed E-state index contributed by atoms with van der Waals surface area (Å²) in [5, 5.41) is 2.95. The van der Waals surface area contributed by atoms with Crippen molar-refractivity contribution >= 4 is 16.1 Å². The minimum absolute atomic E-state index is 0.0298. The third-order valence-corrected chi connectivity index (χ3v) is 6.50. The van der Waals surface area contributed by atoms with Crippen LogP contribution in [0.5, 0.6) is 0 Å². The van der Waals surface area contributed by atoms with Gasteiger partial charge in [-0.05, 0) is 56.0 Å². The van der Waals surface area contributed by atoms with Crippen LogP contribution in [0.3, 0.4) is 0 Å². The lowest BCUT2D eigenvalue weighted by molar-refractivity contribution is 0.175. The average molecular weight is 402 g/mol. The van der Waals surface area contributed by atoms with Crippen LogP contribution in [0, 0.1) is 5.92 Å². The molecule has 28 heavy (non-hydrogen) atoms. The number of hydrogen-bond donors (Lipinski definition) is 2. The Labute approximate surface area is 167 Å². The number of sulfonamides is 1. The summed E-state index contributed by atoms with van der Waals surface area (Å²) in [7, 11) is -2.13. The van der Waals surface area contributed by atoms with Crippen molar-refractivity contribution in [2.45, 2.75) is 37.2 Å². The van der Waals surface area contributed by atoms with Crippen LogP contribution in [0.1, 0.15) is 36.9 Å². The molecule has 0 radical (unpaired) electrons. The SMILES string of the molecule is CNS(=O)(=O)c1cccc(CNC(=O)N(CC2CC2)C(C)c2ccccc2)c1. The monoisotopic (exact) mass is 401 g/mol. The van der Waals surface area contributed by atoms with E-state index in [2.05, 4.69) is 10.0 Å². The van der Waals surface area contributed by atoms with Gasteiger partial charge in [0, 0.05) is 13.1 Å². The zero-order chi connectivity index (χ0) is 20.1. The molecule has 1 saturated carbocycles. The zero-order valence-electron chi connectivity index (χ0n) is 16.3. The Bertz CT molecular complexity index is 912. The zero-order valence-corrected chi connectivity index (χ0v) is 17.1. The Morgan fingerprint density at radius 3 is 2.50 bits per heavy atom. The maximum absolute atomic E-state index is 12.9. The molecule has 2 N–H and O–H groups in total. The van der Waals surface area contributed by atoms with E-state index >= 15 is 0 Å². The van der Waals surface area contributed by atoms with Gasteiger partial charge in [-0.15, -0.1) is 0 Å². The van der Waals surface area contributed by atoms with Crippen molar-refractivity contribution in [3.8, 4) is 0 Å². The standard InChI is InChI=1S/C21H27N3O3S/c1-16(19-8-4-3-5-9-19)24(15-17-11-12-17)21(25)23-14-18-7-6-10-20(13-18)28(26,27)22-2/h3-10,13,16-17,22H,11-12,14-15H2,1-2H3,(H,23,25). The van der Waals surface area contributed by atoms with E-state index in [0.29, 0.717) is 5.92 Å². The molecular weight excluding hydrogens is 374 g/mol. The number of carbonyl (C=O) groups is 1. The van der Waals surface area contributed by atoms with Crippen molar-refractivity contribution in [1.82, 2.24) is 14.9 Å². The van der Waals surface area contributed by atoms with E-state index in [1.54, 1.807) is 18.2 Å². The number of carbonyl (C=O) groups excluding carboxylic acids is 1. The number of amides is 2. The largest absolute Gasteiger partial charge is 0.334 e. The van der Waals surface area contributed by atoms with Crippen LogP contribution in [-0.4, -0.2) is 32.9 Å². The quantitative estimate of drug-likeness (QED) is 0.713. The highest BCUT2D eigenvalue weighted by Gasteiger charge is 2.30. The molecule has 0 aromatic heterocycles. The number of nitrogens with zero attached hydrogens (tertiary/aromatic N) is 1. The van der Waals surface area contributed by atoms with Gasteiger partial charge < -0.3 is 10.2 Å². The van der Waals surface area contributed by atoms with Crippen molar-refractivity contribution < 1.29 is 13.2 Å². The minimum atomic E-state index is -3.51. The number of rotatable bonds is 8. The summed E-state index contributed by atoms with van der Waals surface area (Å²) in [6.45, 7) is 3.04. The highest BCUT2D eigenvalue weighted by atomic mass is 32.2. The van der Waals surface area contributed by atoms with E-state index in [4.69, 9.17) is 0 Å². The number of benzene rings is 2. The van der Waals surface area contributed by atoms with Gasteiger partial charge in [0.2, 0.25) is 10.0 Å². The van der Waals surface area contributed by atoms with Crippen LogP contribution in [0.15, 0.2) is 59.5 Å². The molecule has 0 bridgehead atoms. The summed E-state index contributed by atoms with van der Waals surface area (Å²) in [6, 6.07) is 16.4.